The Hall–Kier alpha value is -3.64. The monoisotopic (exact) mass is 480 g/mol. The second-order valence-electron chi connectivity index (χ2n) is 10.9. The summed E-state index contributed by atoms with van der Waals surface area (Å²) in [5.74, 6) is 1.50. The van der Waals surface area contributed by atoms with Crippen molar-refractivity contribution >= 4 is 5.57 Å². The van der Waals surface area contributed by atoms with Crippen molar-refractivity contribution in [2.75, 3.05) is 0 Å². The lowest BCUT2D eigenvalue weighted by Crippen LogP contribution is -2.09. The van der Waals surface area contributed by atoms with Gasteiger partial charge in [0.05, 0.1) is 0 Å². The molecular weight excluding hydrogens is 444 g/mol. The fourth-order valence-corrected chi connectivity index (χ4v) is 6.41. The Balaban J connectivity index is 1.17. The quantitative estimate of drug-likeness (QED) is 0.247. The van der Waals surface area contributed by atoms with Crippen LogP contribution in [0, 0.1) is 0 Å². The first kappa shape index (κ1) is 23.7. The van der Waals surface area contributed by atoms with E-state index in [9.17, 15) is 0 Å². The van der Waals surface area contributed by atoms with Gasteiger partial charge < -0.3 is 0 Å². The van der Waals surface area contributed by atoms with Crippen LogP contribution in [0.5, 0.6) is 0 Å². The van der Waals surface area contributed by atoms with Crippen LogP contribution in [0.4, 0.5) is 0 Å². The van der Waals surface area contributed by atoms with Crippen molar-refractivity contribution in [1.82, 2.24) is 0 Å². The summed E-state index contributed by atoms with van der Waals surface area (Å²) in [5, 5.41) is 0. The molecule has 0 bridgehead atoms. The van der Waals surface area contributed by atoms with E-state index in [-0.39, 0.29) is 0 Å². The van der Waals surface area contributed by atoms with Gasteiger partial charge >= 0.3 is 0 Å². The Morgan fingerprint density at radius 1 is 0.703 bits per heavy atom. The molecule has 2 aliphatic carbocycles. The Bertz CT molecular complexity index is 1420. The SMILES string of the molecule is CC(CCc1ccccc1)c1ccc(-c2ccc(C(C)C3C4=C(C=CCC4)c4ccccc43)cc2)cc1. The molecule has 0 nitrogen and oxygen atoms in total. The number of hydrogen-bond donors (Lipinski definition) is 0. The van der Waals surface area contributed by atoms with Crippen molar-refractivity contribution in [1.29, 1.82) is 0 Å². The average molecular weight is 481 g/mol. The number of benzene rings is 4. The van der Waals surface area contributed by atoms with E-state index in [0.717, 1.165) is 12.8 Å². The van der Waals surface area contributed by atoms with Crippen molar-refractivity contribution in [3.63, 3.8) is 0 Å². The van der Waals surface area contributed by atoms with Gasteiger partial charge in [-0.2, -0.15) is 0 Å². The minimum Gasteiger partial charge on any atom is -0.0836 e. The molecule has 0 aliphatic heterocycles. The van der Waals surface area contributed by atoms with Gasteiger partial charge in [0.15, 0.2) is 0 Å². The van der Waals surface area contributed by atoms with Gasteiger partial charge in [-0.3, -0.25) is 0 Å². The molecule has 0 spiro atoms. The van der Waals surface area contributed by atoms with Crippen molar-refractivity contribution in [2.45, 2.75) is 57.3 Å². The van der Waals surface area contributed by atoms with Gasteiger partial charge in [0.1, 0.15) is 0 Å². The van der Waals surface area contributed by atoms with E-state index in [1.165, 1.54) is 57.4 Å². The molecule has 0 heteroatoms. The summed E-state index contributed by atoms with van der Waals surface area (Å²) in [7, 11) is 0. The second-order valence-corrected chi connectivity index (χ2v) is 10.9. The molecule has 6 rings (SSSR count). The van der Waals surface area contributed by atoms with E-state index < -0.39 is 0 Å². The first-order valence-corrected chi connectivity index (χ1v) is 13.9. The van der Waals surface area contributed by atoms with E-state index >= 15 is 0 Å². The van der Waals surface area contributed by atoms with Gasteiger partial charge in [-0.05, 0) is 82.0 Å². The van der Waals surface area contributed by atoms with E-state index in [2.05, 4.69) is 129 Å². The summed E-state index contributed by atoms with van der Waals surface area (Å²) in [4.78, 5) is 0. The van der Waals surface area contributed by atoms with Crippen molar-refractivity contribution in [3.05, 3.63) is 149 Å². The van der Waals surface area contributed by atoms with Gasteiger partial charge in [0, 0.05) is 5.92 Å². The second kappa shape index (κ2) is 10.4. The smallest absolute Gasteiger partial charge is 0.0130 e. The molecule has 0 fully saturated rings. The predicted octanol–water partition coefficient (Wildman–Crippen LogP) is 10.1. The lowest BCUT2D eigenvalue weighted by molar-refractivity contribution is 0.633. The normalized spacial score (nSPS) is 17.8. The Morgan fingerprint density at radius 3 is 2.08 bits per heavy atom. The molecule has 0 N–H and O–H groups in total. The van der Waals surface area contributed by atoms with Crippen LogP contribution in [0.2, 0.25) is 0 Å². The van der Waals surface area contributed by atoms with Crippen molar-refractivity contribution in [2.24, 2.45) is 0 Å². The van der Waals surface area contributed by atoms with Gasteiger partial charge in [0.25, 0.3) is 0 Å². The molecule has 184 valence electrons. The van der Waals surface area contributed by atoms with Gasteiger partial charge in [-0.15, -0.1) is 0 Å². The third-order valence-corrected chi connectivity index (χ3v) is 8.63. The van der Waals surface area contributed by atoms with E-state index in [1.54, 1.807) is 5.57 Å². The van der Waals surface area contributed by atoms with Crippen LogP contribution < -0.4 is 0 Å². The lowest BCUT2D eigenvalue weighted by Gasteiger charge is -2.25. The third kappa shape index (κ3) is 4.74. The van der Waals surface area contributed by atoms with Crippen molar-refractivity contribution in [3.8, 4) is 11.1 Å². The molecule has 3 atom stereocenters. The molecule has 37 heavy (non-hydrogen) atoms. The molecule has 3 unspecified atom stereocenters. The maximum atomic E-state index is 2.41. The summed E-state index contributed by atoms with van der Waals surface area (Å²) < 4.78 is 0. The van der Waals surface area contributed by atoms with E-state index in [4.69, 9.17) is 0 Å². The summed E-state index contributed by atoms with van der Waals surface area (Å²) in [6, 6.07) is 38.4. The molecule has 0 saturated carbocycles. The maximum absolute atomic E-state index is 2.41. The zero-order chi connectivity index (χ0) is 25.2. The Kier molecular flexibility index (Phi) is 6.66. The van der Waals surface area contributed by atoms with Gasteiger partial charge in [-0.1, -0.05) is 135 Å². The molecule has 0 amide bonds. The summed E-state index contributed by atoms with van der Waals surface area (Å²) in [6.45, 7) is 4.76. The first-order valence-electron chi connectivity index (χ1n) is 13.9. The number of rotatable bonds is 7. The number of aryl methyl sites for hydroxylation is 1. The first-order chi connectivity index (χ1) is 18.2. The van der Waals surface area contributed by atoms with Crippen LogP contribution in [0.25, 0.3) is 16.7 Å². The molecule has 0 heterocycles. The minimum absolute atomic E-state index is 0.460. The topological polar surface area (TPSA) is 0 Å². The fourth-order valence-electron chi connectivity index (χ4n) is 6.41. The van der Waals surface area contributed by atoms with Crippen molar-refractivity contribution < 1.29 is 0 Å². The molecule has 4 aromatic carbocycles. The fraction of sp³-hybridized carbons (Fsp3) is 0.243. The van der Waals surface area contributed by atoms with Gasteiger partial charge in [-0.25, -0.2) is 0 Å². The molecule has 2 aliphatic rings. The minimum atomic E-state index is 0.460. The van der Waals surface area contributed by atoms with Crippen LogP contribution in [-0.4, -0.2) is 0 Å². The van der Waals surface area contributed by atoms with Crippen LogP contribution in [0.3, 0.4) is 0 Å². The maximum Gasteiger partial charge on any atom is 0.0130 e. The summed E-state index contributed by atoms with van der Waals surface area (Å²) in [5.41, 5.74) is 12.9. The molecule has 4 aromatic rings. The van der Waals surface area contributed by atoms with E-state index in [1.807, 2.05) is 0 Å². The molecule has 0 aromatic heterocycles. The molecule has 0 saturated heterocycles. The van der Waals surface area contributed by atoms with Crippen LogP contribution in [0.15, 0.2) is 121 Å². The molecule has 0 radical (unpaired) electrons. The molecular formula is C37H36. The van der Waals surface area contributed by atoms with Crippen LogP contribution in [0.1, 0.15) is 78.7 Å². The van der Waals surface area contributed by atoms with Crippen LogP contribution in [-0.2, 0) is 6.42 Å². The largest absolute Gasteiger partial charge is 0.0836 e. The zero-order valence-corrected chi connectivity index (χ0v) is 22.0. The third-order valence-electron chi connectivity index (χ3n) is 8.63. The standard InChI is InChI=1S/C37H36/c1-26(16-17-28-10-4-3-5-11-28)29-18-22-31(23-19-29)32-24-20-30(21-25-32)27(2)37-35-14-8-6-12-33(35)34-13-7-9-15-36(34)37/h3-8,10-14,18-27,37H,9,15-17H2,1-2H3. The highest BCUT2D eigenvalue weighted by molar-refractivity contribution is 5.85. The lowest BCUT2D eigenvalue weighted by atomic mass is 9.78. The number of fused-ring (bicyclic) bond motifs is 2. The van der Waals surface area contributed by atoms with Crippen LogP contribution >= 0.6 is 0 Å². The summed E-state index contributed by atoms with van der Waals surface area (Å²) in [6.07, 6.45) is 9.35. The average Bonchev–Trinajstić information content (AvgIpc) is 3.31. The summed E-state index contributed by atoms with van der Waals surface area (Å²) >= 11 is 0. The highest BCUT2D eigenvalue weighted by Gasteiger charge is 2.34. The Morgan fingerprint density at radius 2 is 1.35 bits per heavy atom. The number of allylic oxidation sites excluding steroid dienone is 4. The Labute approximate surface area is 222 Å². The number of hydrogen-bond acceptors (Lipinski definition) is 0. The van der Waals surface area contributed by atoms with E-state index in [0.29, 0.717) is 17.8 Å². The zero-order valence-electron chi connectivity index (χ0n) is 22.0. The highest BCUT2D eigenvalue weighted by atomic mass is 14.4. The van der Waals surface area contributed by atoms with Gasteiger partial charge in [0.2, 0.25) is 0 Å². The highest BCUT2D eigenvalue weighted by Crippen LogP contribution is 2.52. The predicted molar refractivity (Wildman–Crippen MR) is 158 cm³/mol.